The van der Waals surface area contributed by atoms with Gasteiger partial charge in [0.1, 0.15) is 5.75 Å². The van der Waals surface area contributed by atoms with Crippen molar-refractivity contribution in [2.75, 3.05) is 0 Å². The Bertz CT molecular complexity index is 821. The first kappa shape index (κ1) is 16.3. The number of hydrogen-bond acceptors (Lipinski definition) is 4. The summed E-state index contributed by atoms with van der Waals surface area (Å²) in [5.74, 6) is 0.0624. The molecule has 2 aromatic rings. The smallest absolute Gasteiger partial charge is 0.264 e. The third-order valence-electron chi connectivity index (χ3n) is 3.84. The van der Waals surface area contributed by atoms with Crippen molar-refractivity contribution in [2.24, 2.45) is 4.99 Å². The van der Waals surface area contributed by atoms with Crippen LogP contribution < -0.4 is 5.32 Å². The molecule has 0 radical (unpaired) electrons. The van der Waals surface area contributed by atoms with E-state index in [1.807, 2.05) is 31.2 Å². The molecule has 4 nitrogen and oxygen atoms in total. The molecule has 1 fully saturated rings. The molecule has 0 atom stereocenters. The van der Waals surface area contributed by atoms with Crippen LogP contribution in [0.25, 0.3) is 5.57 Å². The SMILES string of the molecule is CCc1ccc(N=C2NC(=O)/C(=C(\C)c3ccc(O)cc3)S2)cc1. The standard InChI is InChI=1S/C19H18N2O2S/c1-3-13-4-8-15(9-5-13)20-19-21-18(23)17(24-19)12(2)14-6-10-16(22)11-7-14/h4-11,22H,3H2,1-2H3,(H,20,21,23)/b17-12-. The molecule has 0 aliphatic carbocycles. The monoisotopic (exact) mass is 338 g/mol. The van der Waals surface area contributed by atoms with E-state index in [0.717, 1.165) is 23.2 Å². The molecule has 0 unspecified atom stereocenters. The van der Waals surface area contributed by atoms with Gasteiger partial charge >= 0.3 is 0 Å². The zero-order valence-corrected chi connectivity index (χ0v) is 14.4. The lowest BCUT2D eigenvalue weighted by Gasteiger charge is -2.03. The second-order valence-corrected chi connectivity index (χ2v) is 6.49. The molecule has 0 saturated carbocycles. The third kappa shape index (κ3) is 3.51. The number of allylic oxidation sites excluding steroid dienone is 1. The Hall–Kier alpha value is -2.53. The summed E-state index contributed by atoms with van der Waals surface area (Å²) in [4.78, 5) is 17.4. The Morgan fingerprint density at radius 1 is 1.12 bits per heavy atom. The van der Waals surface area contributed by atoms with Crippen LogP contribution in [-0.2, 0) is 11.2 Å². The number of carbonyl (C=O) groups is 1. The highest BCUT2D eigenvalue weighted by atomic mass is 32.2. The first-order valence-electron chi connectivity index (χ1n) is 7.74. The summed E-state index contributed by atoms with van der Waals surface area (Å²) < 4.78 is 0. The zero-order chi connectivity index (χ0) is 17.1. The highest BCUT2D eigenvalue weighted by Gasteiger charge is 2.26. The van der Waals surface area contributed by atoms with E-state index in [1.165, 1.54) is 17.3 Å². The van der Waals surface area contributed by atoms with E-state index in [-0.39, 0.29) is 11.7 Å². The van der Waals surface area contributed by atoms with Crippen LogP contribution in [0.15, 0.2) is 58.4 Å². The second-order valence-electron chi connectivity index (χ2n) is 5.49. The summed E-state index contributed by atoms with van der Waals surface area (Å²) in [6.07, 6.45) is 0.987. The molecule has 1 saturated heterocycles. The number of phenols is 1. The first-order chi connectivity index (χ1) is 11.6. The van der Waals surface area contributed by atoms with Gasteiger partial charge in [0.05, 0.1) is 10.6 Å². The van der Waals surface area contributed by atoms with Crippen LogP contribution >= 0.6 is 11.8 Å². The Labute approximate surface area is 145 Å². The number of aryl methyl sites for hydroxylation is 1. The molecule has 0 spiro atoms. The summed E-state index contributed by atoms with van der Waals surface area (Å²) >= 11 is 1.34. The molecule has 1 aliphatic heterocycles. The number of phenolic OH excluding ortho intramolecular Hbond substituents is 1. The number of amides is 1. The van der Waals surface area contributed by atoms with E-state index < -0.39 is 0 Å². The van der Waals surface area contributed by atoms with Crippen LogP contribution in [0.5, 0.6) is 5.75 Å². The van der Waals surface area contributed by atoms with Crippen molar-refractivity contribution in [3.8, 4) is 5.75 Å². The van der Waals surface area contributed by atoms with E-state index >= 15 is 0 Å². The number of nitrogens with zero attached hydrogens (tertiary/aromatic N) is 1. The normalized spacial score (nSPS) is 17.9. The maximum atomic E-state index is 12.2. The maximum Gasteiger partial charge on any atom is 0.264 e. The minimum Gasteiger partial charge on any atom is -0.508 e. The lowest BCUT2D eigenvalue weighted by molar-refractivity contribution is -0.115. The Morgan fingerprint density at radius 3 is 2.42 bits per heavy atom. The fourth-order valence-electron chi connectivity index (χ4n) is 2.39. The summed E-state index contributed by atoms with van der Waals surface area (Å²) in [5, 5.41) is 12.8. The highest BCUT2D eigenvalue weighted by molar-refractivity contribution is 8.18. The lowest BCUT2D eigenvalue weighted by atomic mass is 10.1. The van der Waals surface area contributed by atoms with Gasteiger partial charge in [0.25, 0.3) is 5.91 Å². The number of thioether (sulfide) groups is 1. The number of nitrogens with one attached hydrogen (secondary N) is 1. The predicted octanol–water partition coefficient (Wildman–Crippen LogP) is 4.24. The highest BCUT2D eigenvalue weighted by Crippen LogP contribution is 2.33. The van der Waals surface area contributed by atoms with E-state index in [2.05, 4.69) is 17.2 Å². The zero-order valence-electron chi connectivity index (χ0n) is 13.5. The van der Waals surface area contributed by atoms with E-state index in [4.69, 9.17) is 0 Å². The van der Waals surface area contributed by atoms with Gasteiger partial charge in [-0.3, -0.25) is 4.79 Å². The van der Waals surface area contributed by atoms with E-state index in [9.17, 15) is 9.90 Å². The average Bonchev–Trinajstić information content (AvgIpc) is 2.96. The lowest BCUT2D eigenvalue weighted by Crippen LogP contribution is -2.19. The molecule has 122 valence electrons. The Kier molecular flexibility index (Phi) is 4.71. The van der Waals surface area contributed by atoms with Crippen LogP contribution in [0.2, 0.25) is 0 Å². The number of aromatic hydroxyl groups is 1. The summed E-state index contributed by atoms with van der Waals surface area (Å²) in [7, 11) is 0. The van der Waals surface area contributed by atoms with Crippen molar-refractivity contribution < 1.29 is 9.90 Å². The van der Waals surface area contributed by atoms with Gasteiger partial charge < -0.3 is 10.4 Å². The van der Waals surface area contributed by atoms with Gasteiger partial charge in [-0.2, -0.15) is 0 Å². The molecule has 1 heterocycles. The van der Waals surface area contributed by atoms with Crippen molar-refractivity contribution in [1.29, 1.82) is 0 Å². The molecule has 1 amide bonds. The maximum absolute atomic E-state index is 12.2. The summed E-state index contributed by atoms with van der Waals surface area (Å²) in [5.41, 5.74) is 3.84. The third-order valence-corrected chi connectivity index (χ3v) is 4.92. The number of carbonyl (C=O) groups excluding carboxylic acids is 1. The molecule has 0 aromatic heterocycles. The molecule has 24 heavy (non-hydrogen) atoms. The Morgan fingerprint density at radius 2 is 1.79 bits per heavy atom. The summed E-state index contributed by atoms with van der Waals surface area (Å²) in [6.45, 7) is 4.00. The van der Waals surface area contributed by atoms with E-state index in [1.54, 1.807) is 24.3 Å². The van der Waals surface area contributed by atoms with E-state index in [0.29, 0.717) is 10.1 Å². The van der Waals surface area contributed by atoms with Crippen LogP contribution in [0.4, 0.5) is 5.69 Å². The fourth-order valence-corrected chi connectivity index (χ4v) is 3.29. The summed E-state index contributed by atoms with van der Waals surface area (Å²) in [6, 6.07) is 14.8. The number of amidine groups is 1. The number of hydrogen-bond donors (Lipinski definition) is 2. The second kappa shape index (κ2) is 6.93. The molecule has 0 bridgehead atoms. The quantitative estimate of drug-likeness (QED) is 0.823. The van der Waals surface area contributed by atoms with Crippen molar-refractivity contribution >= 4 is 34.1 Å². The van der Waals surface area contributed by atoms with Crippen molar-refractivity contribution in [3.05, 3.63) is 64.6 Å². The largest absolute Gasteiger partial charge is 0.508 e. The fraction of sp³-hybridized carbons (Fsp3) is 0.158. The van der Waals surface area contributed by atoms with Gasteiger partial charge in [-0.1, -0.05) is 31.2 Å². The van der Waals surface area contributed by atoms with Crippen molar-refractivity contribution in [3.63, 3.8) is 0 Å². The molecule has 2 N–H and O–H groups in total. The van der Waals surface area contributed by atoms with Gasteiger partial charge in [-0.15, -0.1) is 0 Å². The van der Waals surface area contributed by atoms with Crippen molar-refractivity contribution in [2.45, 2.75) is 20.3 Å². The van der Waals surface area contributed by atoms with Crippen LogP contribution in [0, 0.1) is 0 Å². The van der Waals surface area contributed by atoms with Gasteiger partial charge in [0.2, 0.25) is 0 Å². The number of rotatable bonds is 3. The number of aliphatic imine (C=N–C) groups is 1. The van der Waals surface area contributed by atoms with Crippen LogP contribution in [0.3, 0.4) is 0 Å². The number of benzene rings is 2. The van der Waals surface area contributed by atoms with Gasteiger partial charge in [0.15, 0.2) is 5.17 Å². The molecular formula is C19H18N2O2S. The molecule has 2 aromatic carbocycles. The van der Waals surface area contributed by atoms with Gasteiger partial charge in [0, 0.05) is 0 Å². The van der Waals surface area contributed by atoms with Gasteiger partial charge in [-0.05, 0) is 66.1 Å². The van der Waals surface area contributed by atoms with Crippen LogP contribution in [-0.4, -0.2) is 16.2 Å². The van der Waals surface area contributed by atoms with Crippen LogP contribution in [0.1, 0.15) is 25.0 Å². The minimum absolute atomic E-state index is 0.144. The molecule has 5 heteroatoms. The van der Waals surface area contributed by atoms with Gasteiger partial charge in [-0.25, -0.2) is 4.99 Å². The predicted molar refractivity (Wildman–Crippen MR) is 99.3 cm³/mol. The molecular weight excluding hydrogens is 320 g/mol. The first-order valence-corrected chi connectivity index (χ1v) is 8.55. The molecule has 3 rings (SSSR count). The average molecular weight is 338 g/mol. The molecule has 1 aliphatic rings. The minimum atomic E-state index is -0.144. The Balaban J connectivity index is 1.85. The van der Waals surface area contributed by atoms with Crippen molar-refractivity contribution in [1.82, 2.24) is 5.32 Å². The topological polar surface area (TPSA) is 61.7 Å².